The number of nitrogens with zero attached hydrogens (tertiary/aromatic N) is 2. The Kier molecular flexibility index (Phi) is 3.74. The van der Waals surface area contributed by atoms with Crippen LogP contribution in [-0.4, -0.2) is 16.7 Å². The molecule has 0 saturated heterocycles. The number of imidazole rings is 1. The van der Waals surface area contributed by atoms with Crippen molar-refractivity contribution in [3.05, 3.63) is 47.5 Å². The number of benzene rings is 1. The van der Waals surface area contributed by atoms with Gasteiger partial charge in [0.1, 0.15) is 5.75 Å². The van der Waals surface area contributed by atoms with E-state index >= 15 is 0 Å². The molecule has 0 spiro atoms. The molecule has 2 N–H and O–H groups in total. The van der Waals surface area contributed by atoms with Gasteiger partial charge in [-0.3, -0.25) is 0 Å². The molecule has 3 rings (SSSR count). The molecule has 2 aromatic rings. The molecular weight excluding hydrogens is 250 g/mol. The van der Waals surface area contributed by atoms with Crippen LogP contribution in [0.3, 0.4) is 0 Å². The third kappa shape index (κ3) is 2.56. The van der Waals surface area contributed by atoms with Crippen LogP contribution in [-0.2, 0) is 19.4 Å². The van der Waals surface area contributed by atoms with Crippen molar-refractivity contribution < 1.29 is 4.74 Å². The highest BCUT2D eigenvalue weighted by molar-refractivity contribution is 5.29. The molecule has 4 nitrogen and oxygen atoms in total. The molecule has 1 aromatic heterocycles. The third-order valence-electron chi connectivity index (χ3n) is 4.05. The average molecular weight is 271 g/mol. The zero-order chi connectivity index (χ0) is 13.9. The molecule has 0 bridgehead atoms. The van der Waals surface area contributed by atoms with Crippen LogP contribution in [0.4, 0.5) is 0 Å². The second-order valence-electron chi connectivity index (χ2n) is 5.38. The summed E-state index contributed by atoms with van der Waals surface area (Å²) < 4.78 is 7.40. The standard InChI is InChI=1S/C16H21N3O/c1-20-13-8-6-12(7-9-13)14(17)10-19-11-18-15-4-2-3-5-16(15)19/h6-9,11,14H,2-5,10,17H2,1H3. The first-order valence-corrected chi connectivity index (χ1v) is 7.20. The molecule has 0 radical (unpaired) electrons. The Balaban J connectivity index is 1.74. The molecule has 1 aromatic carbocycles. The lowest BCUT2D eigenvalue weighted by atomic mass is 10.0. The van der Waals surface area contributed by atoms with Gasteiger partial charge in [0, 0.05) is 18.3 Å². The number of aryl methyl sites for hydroxylation is 1. The summed E-state index contributed by atoms with van der Waals surface area (Å²) in [7, 11) is 1.67. The molecule has 1 aliphatic carbocycles. The molecule has 0 saturated carbocycles. The number of rotatable bonds is 4. The maximum atomic E-state index is 6.32. The molecule has 20 heavy (non-hydrogen) atoms. The maximum Gasteiger partial charge on any atom is 0.118 e. The molecule has 1 atom stereocenters. The Morgan fingerprint density at radius 2 is 2.00 bits per heavy atom. The SMILES string of the molecule is COc1ccc(C(N)Cn2cnc3c2CCCC3)cc1. The van der Waals surface area contributed by atoms with E-state index in [1.165, 1.54) is 24.2 Å². The molecule has 0 amide bonds. The zero-order valence-corrected chi connectivity index (χ0v) is 11.9. The molecule has 106 valence electrons. The fourth-order valence-corrected chi connectivity index (χ4v) is 2.86. The van der Waals surface area contributed by atoms with E-state index in [1.807, 2.05) is 30.6 Å². The van der Waals surface area contributed by atoms with Crippen molar-refractivity contribution in [1.82, 2.24) is 9.55 Å². The van der Waals surface area contributed by atoms with Crippen molar-refractivity contribution in [3.8, 4) is 5.75 Å². The predicted molar refractivity (Wildman–Crippen MR) is 78.8 cm³/mol. The van der Waals surface area contributed by atoms with Gasteiger partial charge in [-0.1, -0.05) is 12.1 Å². The summed E-state index contributed by atoms with van der Waals surface area (Å²) in [5, 5.41) is 0. The fourth-order valence-electron chi connectivity index (χ4n) is 2.86. The van der Waals surface area contributed by atoms with Gasteiger partial charge in [0.25, 0.3) is 0 Å². The molecule has 4 heteroatoms. The number of fused-ring (bicyclic) bond motifs is 1. The first-order valence-electron chi connectivity index (χ1n) is 7.20. The summed E-state index contributed by atoms with van der Waals surface area (Å²) >= 11 is 0. The van der Waals surface area contributed by atoms with Crippen LogP contribution in [0.25, 0.3) is 0 Å². The zero-order valence-electron chi connectivity index (χ0n) is 11.9. The largest absolute Gasteiger partial charge is 0.497 e. The highest BCUT2D eigenvalue weighted by Gasteiger charge is 2.17. The predicted octanol–water partition coefficient (Wildman–Crippen LogP) is 2.47. The number of methoxy groups -OCH3 is 1. The van der Waals surface area contributed by atoms with E-state index in [9.17, 15) is 0 Å². The van der Waals surface area contributed by atoms with Gasteiger partial charge in [0.2, 0.25) is 0 Å². The van der Waals surface area contributed by atoms with Crippen LogP contribution >= 0.6 is 0 Å². The smallest absolute Gasteiger partial charge is 0.118 e. The summed E-state index contributed by atoms with van der Waals surface area (Å²) in [5.74, 6) is 0.862. The molecule has 1 heterocycles. The maximum absolute atomic E-state index is 6.32. The van der Waals surface area contributed by atoms with E-state index in [4.69, 9.17) is 10.5 Å². The van der Waals surface area contributed by atoms with Gasteiger partial charge in [-0.05, 0) is 43.4 Å². The lowest BCUT2D eigenvalue weighted by Crippen LogP contribution is -2.19. The molecule has 0 fully saturated rings. The van der Waals surface area contributed by atoms with Crippen molar-refractivity contribution in [2.45, 2.75) is 38.3 Å². The summed E-state index contributed by atoms with van der Waals surface area (Å²) in [6, 6.07) is 7.97. The Hall–Kier alpha value is -1.81. The Bertz CT molecular complexity index is 574. The molecule has 1 aliphatic rings. The van der Waals surface area contributed by atoms with E-state index in [2.05, 4.69) is 9.55 Å². The Morgan fingerprint density at radius 1 is 1.25 bits per heavy atom. The third-order valence-corrected chi connectivity index (χ3v) is 4.05. The first kappa shape index (κ1) is 13.2. The lowest BCUT2D eigenvalue weighted by molar-refractivity contribution is 0.414. The van der Waals surface area contributed by atoms with E-state index in [-0.39, 0.29) is 6.04 Å². The number of hydrogen-bond donors (Lipinski definition) is 1. The highest BCUT2D eigenvalue weighted by atomic mass is 16.5. The van der Waals surface area contributed by atoms with Gasteiger partial charge >= 0.3 is 0 Å². The van der Waals surface area contributed by atoms with Gasteiger partial charge in [0.05, 0.1) is 19.1 Å². The van der Waals surface area contributed by atoms with Gasteiger partial charge in [-0.2, -0.15) is 0 Å². The van der Waals surface area contributed by atoms with Gasteiger partial charge in [-0.25, -0.2) is 4.98 Å². The van der Waals surface area contributed by atoms with Crippen molar-refractivity contribution in [2.24, 2.45) is 5.73 Å². The van der Waals surface area contributed by atoms with Crippen LogP contribution in [0, 0.1) is 0 Å². The van der Waals surface area contributed by atoms with Crippen molar-refractivity contribution in [2.75, 3.05) is 7.11 Å². The van der Waals surface area contributed by atoms with Gasteiger partial charge in [-0.15, -0.1) is 0 Å². The number of nitrogens with two attached hydrogens (primary N) is 1. The van der Waals surface area contributed by atoms with Crippen LogP contribution in [0.5, 0.6) is 5.75 Å². The normalized spacial score (nSPS) is 15.7. The number of aromatic nitrogens is 2. The van der Waals surface area contributed by atoms with Gasteiger partial charge < -0.3 is 15.0 Å². The van der Waals surface area contributed by atoms with E-state index < -0.39 is 0 Å². The summed E-state index contributed by atoms with van der Waals surface area (Å²) in [6.45, 7) is 0.786. The van der Waals surface area contributed by atoms with E-state index in [1.54, 1.807) is 7.11 Å². The summed E-state index contributed by atoms with van der Waals surface area (Å²) in [6.07, 6.45) is 6.70. The number of hydrogen-bond acceptors (Lipinski definition) is 3. The fraction of sp³-hybridized carbons (Fsp3) is 0.438. The average Bonchev–Trinajstić information content (AvgIpc) is 2.91. The second-order valence-corrected chi connectivity index (χ2v) is 5.38. The van der Waals surface area contributed by atoms with Crippen LogP contribution in [0.1, 0.15) is 35.8 Å². The monoisotopic (exact) mass is 271 g/mol. The molecule has 0 aliphatic heterocycles. The first-order chi connectivity index (χ1) is 9.78. The Labute approximate surface area is 119 Å². The van der Waals surface area contributed by atoms with Gasteiger partial charge in [0.15, 0.2) is 0 Å². The number of ether oxygens (including phenoxy) is 1. The molecular formula is C16H21N3O. The minimum Gasteiger partial charge on any atom is -0.497 e. The quantitative estimate of drug-likeness (QED) is 0.929. The Morgan fingerprint density at radius 3 is 2.75 bits per heavy atom. The molecule has 1 unspecified atom stereocenters. The second kappa shape index (κ2) is 5.67. The van der Waals surface area contributed by atoms with Crippen LogP contribution in [0.15, 0.2) is 30.6 Å². The van der Waals surface area contributed by atoms with Crippen LogP contribution < -0.4 is 10.5 Å². The van der Waals surface area contributed by atoms with Crippen LogP contribution in [0.2, 0.25) is 0 Å². The lowest BCUT2D eigenvalue weighted by Gasteiger charge is -2.18. The van der Waals surface area contributed by atoms with Crippen molar-refractivity contribution >= 4 is 0 Å². The van der Waals surface area contributed by atoms with Crippen molar-refractivity contribution in [1.29, 1.82) is 0 Å². The topological polar surface area (TPSA) is 53.1 Å². The minimum atomic E-state index is -0.0128. The van der Waals surface area contributed by atoms with Crippen molar-refractivity contribution in [3.63, 3.8) is 0 Å². The highest BCUT2D eigenvalue weighted by Crippen LogP contribution is 2.22. The van der Waals surface area contributed by atoms with E-state index in [0.29, 0.717) is 0 Å². The minimum absolute atomic E-state index is 0.0128. The summed E-state index contributed by atoms with van der Waals surface area (Å²) in [5.41, 5.74) is 10.1. The van der Waals surface area contributed by atoms with E-state index in [0.717, 1.165) is 30.7 Å². The summed E-state index contributed by atoms with van der Waals surface area (Å²) in [4.78, 5) is 4.52.